The molecule has 0 aliphatic heterocycles. The van der Waals surface area contributed by atoms with Gasteiger partial charge >= 0.3 is 0 Å². The third-order valence-corrected chi connectivity index (χ3v) is 2.67. The van der Waals surface area contributed by atoms with Crippen molar-refractivity contribution in [3.8, 4) is 0 Å². The summed E-state index contributed by atoms with van der Waals surface area (Å²) in [5.41, 5.74) is 2.05. The number of hydrogen-bond acceptors (Lipinski definition) is 4. The summed E-state index contributed by atoms with van der Waals surface area (Å²) in [5, 5.41) is 5.81. The molecule has 0 radical (unpaired) electrons. The van der Waals surface area contributed by atoms with Crippen LogP contribution in [0.3, 0.4) is 0 Å². The largest absolute Gasteiger partial charge is 0.338 e. The molecule has 1 amide bonds. The Hall–Kier alpha value is -2.69. The van der Waals surface area contributed by atoms with E-state index >= 15 is 0 Å². The highest BCUT2D eigenvalue weighted by Crippen LogP contribution is 2.22. The molecule has 1 aromatic carbocycles. The molecule has 2 rings (SSSR count). The van der Waals surface area contributed by atoms with Gasteiger partial charge in [0.15, 0.2) is 11.6 Å². The van der Waals surface area contributed by atoms with Crippen LogP contribution in [0.25, 0.3) is 0 Å². The lowest BCUT2D eigenvalue weighted by molar-refractivity contribution is -0.114. The third-order valence-electron chi connectivity index (χ3n) is 2.67. The van der Waals surface area contributed by atoms with Gasteiger partial charge in [0.2, 0.25) is 5.91 Å². The summed E-state index contributed by atoms with van der Waals surface area (Å²) < 4.78 is 0. The Morgan fingerprint density at radius 2 is 1.75 bits per heavy atom. The lowest BCUT2D eigenvalue weighted by Crippen LogP contribution is -2.08. The van der Waals surface area contributed by atoms with Crippen LogP contribution in [0.1, 0.15) is 24.2 Å². The number of ketones is 1. The van der Waals surface area contributed by atoms with Crippen LogP contribution in [0.15, 0.2) is 42.6 Å². The lowest BCUT2D eigenvalue weighted by atomic mass is 10.1. The Morgan fingerprint density at radius 3 is 2.35 bits per heavy atom. The Balaban J connectivity index is 2.21. The zero-order valence-electron chi connectivity index (χ0n) is 11.3. The molecule has 0 fully saturated rings. The molecule has 102 valence electrons. The zero-order chi connectivity index (χ0) is 14.5. The normalized spacial score (nSPS) is 9.90. The molecule has 0 saturated carbocycles. The molecular weight excluding hydrogens is 254 g/mol. The number of aromatic nitrogens is 1. The predicted octanol–water partition coefficient (Wildman–Crippen LogP) is 2.99. The summed E-state index contributed by atoms with van der Waals surface area (Å²) >= 11 is 0. The fraction of sp³-hybridized carbons (Fsp3) is 0.133. The molecule has 5 heteroatoms. The Kier molecular flexibility index (Phi) is 4.10. The van der Waals surface area contributed by atoms with Crippen molar-refractivity contribution >= 4 is 28.9 Å². The minimum Gasteiger partial charge on any atom is -0.338 e. The van der Waals surface area contributed by atoms with Crippen molar-refractivity contribution in [3.05, 3.63) is 48.2 Å². The molecular formula is C15H15N3O2. The van der Waals surface area contributed by atoms with Gasteiger partial charge in [-0.1, -0.05) is 0 Å². The number of carbonyl (C=O) groups is 2. The van der Waals surface area contributed by atoms with Gasteiger partial charge in [-0.05, 0) is 43.3 Å². The number of benzene rings is 1. The van der Waals surface area contributed by atoms with Crippen LogP contribution in [0.5, 0.6) is 0 Å². The summed E-state index contributed by atoms with van der Waals surface area (Å²) in [6.07, 6.45) is 1.64. The molecule has 1 aromatic heterocycles. The Labute approximate surface area is 117 Å². The lowest BCUT2D eigenvalue weighted by Gasteiger charge is -2.11. The minimum atomic E-state index is -0.159. The van der Waals surface area contributed by atoms with Crippen molar-refractivity contribution in [2.24, 2.45) is 0 Å². The van der Waals surface area contributed by atoms with Gasteiger partial charge in [-0.15, -0.1) is 0 Å². The number of nitrogens with one attached hydrogen (secondary N) is 2. The third kappa shape index (κ3) is 3.41. The average molecular weight is 269 g/mol. The molecule has 5 nitrogen and oxygen atoms in total. The fourth-order valence-electron chi connectivity index (χ4n) is 1.72. The summed E-state index contributed by atoms with van der Waals surface area (Å²) in [6, 6.07) is 10.6. The second-order valence-corrected chi connectivity index (χ2v) is 4.34. The molecule has 0 aliphatic carbocycles. The number of pyridine rings is 1. The second kappa shape index (κ2) is 5.97. The summed E-state index contributed by atoms with van der Waals surface area (Å²) in [5.74, 6) is 0.416. The van der Waals surface area contributed by atoms with Crippen molar-refractivity contribution in [2.75, 3.05) is 10.6 Å². The molecule has 1 heterocycles. The SMILES string of the molecule is CC(=O)Nc1cccnc1Nc1ccc(C(C)=O)cc1. The number of carbonyl (C=O) groups excluding carboxylic acids is 2. The first kappa shape index (κ1) is 13.7. The molecule has 20 heavy (non-hydrogen) atoms. The van der Waals surface area contributed by atoms with Gasteiger partial charge in [0, 0.05) is 24.4 Å². The molecule has 2 aromatic rings. The van der Waals surface area contributed by atoms with Crippen LogP contribution in [0.4, 0.5) is 17.2 Å². The van der Waals surface area contributed by atoms with Crippen LogP contribution in [0, 0.1) is 0 Å². The molecule has 0 unspecified atom stereocenters. The standard InChI is InChI=1S/C15H15N3O2/c1-10(19)12-5-7-13(8-6-12)18-15-14(17-11(2)20)4-3-9-16-15/h3-9H,1-2H3,(H,16,18)(H,17,20). The van der Waals surface area contributed by atoms with Crippen molar-refractivity contribution < 1.29 is 9.59 Å². The Morgan fingerprint density at radius 1 is 1.05 bits per heavy atom. The van der Waals surface area contributed by atoms with Crippen LogP contribution >= 0.6 is 0 Å². The van der Waals surface area contributed by atoms with Gasteiger partial charge in [-0.2, -0.15) is 0 Å². The van der Waals surface area contributed by atoms with Crippen molar-refractivity contribution in [1.29, 1.82) is 0 Å². The van der Waals surface area contributed by atoms with Gasteiger partial charge in [0.25, 0.3) is 0 Å². The van der Waals surface area contributed by atoms with E-state index in [-0.39, 0.29) is 11.7 Å². The first-order valence-electron chi connectivity index (χ1n) is 6.17. The monoisotopic (exact) mass is 269 g/mol. The van der Waals surface area contributed by atoms with Crippen LogP contribution < -0.4 is 10.6 Å². The van der Waals surface area contributed by atoms with E-state index in [2.05, 4.69) is 15.6 Å². The highest BCUT2D eigenvalue weighted by molar-refractivity contribution is 5.95. The van der Waals surface area contributed by atoms with Gasteiger partial charge in [-0.3, -0.25) is 9.59 Å². The van der Waals surface area contributed by atoms with Crippen molar-refractivity contribution in [3.63, 3.8) is 0 Å². The maximum Gasteiger partial charge on any atom is 0.221 e. The topological polar surface area (TPSA) is 71.1 Å². The quantitative estimate of drug-likeness (QED) is 0.837. The van der Waals surface area contributed by atoms with Gasteiger partial charge < -0.3 is 10.6 Å². The summed E-state index contributed by atoms with van der Waals surface area (Å²) in [7, 11) is 0. The number of anilines is 3. The van der Waals surface area contributed by atoms with E-state index in [1.54, 1.807) is 42.6 Å². The number of nitrogens with zero attached hydrogens (tertiary/aromatic N) is 1. The van der Waals surface area contributed by atoms with E-state index in [1.165, 1.54) is 13.8 Å². The number of Topliss-reactive ketones (excluding diaryl/α,β-unsaturated/α-hetero) is 1. The van der Waals surface area contributed by atoms with Crippen molar-refractivity contribution in [1.82, 2.24) is 4.98 Å². The molecule has 0 spiro atoms. The van der Waals surface area contributed by atoms with E-state index in [9.17, 15) is 9.59 Å². The first-order valence-corrected chi connectivity index (χ1v) is 6.17. The van der Waals surface area contributed by atoms with Crippen LogP contribution in [0.2, 0.25) is 0 Å². The molecule has 0 atom stereocenters. The molecule has 0 bridgehead atoms. The highest BCUT2D eigenvalue weighted by Gasteiger charge is 2.05. The summed E-state index contributed by atoms with van der Waals surface area (Å²) in [4.78, 5) is 26.5. The van der Waals surface area contributed by atoms with Crippen LogP contribution in [-0.4, -0.2) is 16.7 Å². The van der Waals surface area contributed by atoms with E-state index in [4.69, 9.17) is 0 Å². The molecule has 2 N–H and O–H groups in total. The minimum absolute atomic E-state index is 0.0216. The van der Waals surface area contributed by atoms with Gasteiger partial charge in [0.05, 0.1) is 5.69 Å². The number of hydrogen-bond donors (Lipinski definition) is 2. The van der Waals surface area contributed by atoms with Gasteiger partial charge in [-0.25, -0.2) is 4.98 Å². The summed E-state index contributed by atoms with van der Waals surface area (Å²) in [6.45, 7) is 2.97. The Bertz CT molecular complexity index is 636. The highest BCUT2D eigenvalue weighted by atomic mass is 16.1. The number of amides is 1. The van der Waals surface area contributed by atoms with Crippen molar-refractivity contribution in [2.45, 2.75) is 13.8 Å². The maximum absolute atomic E-state index is 11.2. The molecule has 0 aliphatic rings. The molecule has 0 saturated heterocycles. The zero-order valence-corrected chi connectivity index (χ0v) is 11.3. The number of rotatable bonds is 4. The fourth-order valence-corrected chi connectivity index (χ4v) is 1.72. The predicted molar refractivity (Wildman–Crippen MR) is 78.3 cm³/mol. The first-order chi connectivity index (χ1) is 9.56. The van der Waals surface area contributed by atoms with E-state index in [1.807, 2.05) is 0 Å². The maximum atomic E-state index is 11.2. The van der Waals surface area contributed by atoms with E-state index < -0.39 is 0 Å². The smallest absolute Gasteiger partial charge is 0.221 e. The van der Waals surface area contributed by atoms with Gasteiger partial charge in [0.1, 0.15) is 0 Å². The van der Waals surface area contributed by atoms with E-state index in [0.29, 0.717) is 17.1 Å². The average Bonchev–Trinajstić information content (AvgIpc) is 2.41. The van der Waals surface area contributed by atoms with Crippen LogP contribution in [-0.2, 0) is 4.79 Å². The van der Waals surface area contributed by atoms with E-state index in [0.717, 1.165) is 5.69 Å². The second-order valence-electron chi connectivity index (χ2n) is 4.34.